The minimum atomic E-state index is -0.848. The molecule has 1 fully saturated rings. The third-order valence-corrected chi connectivity index (χ3v) is 4.77. The average Bonchev–Trinajstić information content (AvgIpc) is 2.91. The summed E-state index contributed by atoms with van der Waals surface area (Å²) in [5.41, 5.74) is -0.163. The highest BCUT2D eigenvalue weighted by Gasteiger charge is 2.20. The molecule has 1 amide bonds. The van der Waals surface area contributed by atoms with Crippen molar-refractivity contribution < 1.29 is 24.5 Å². The molecule has 0 heterocycles. The Labute approximate surface area is 151 Å². The van der Waals surface area contributed by atoms with Crippen LogP contribution in [-0.2, 0) is 9.53 Å². The third-order valence-electron chi connectivity index (χ3n) is 4.77. The van der Waals surface area contributed by atoms with Crippen LogP contribution in [0.4, 0.5) is 0 Å². The van der Waals surface area contributed by atoms with Crippen LogP contribution in [0, 0.1) is 0 Å². The molecule has 138 valence electrons. The molecule has 0 radical (unpaired) electrons. The Kier molecular flexibility index (Phi) is 5.61. The Morgan fingerprint density at radius 2 is 1.69 bits per heavy atom. The zero-order valence-corrected chi connectivity index (χ0v) is 14.5. The van der Waals surface area contributed by atoms with Gasteiger partial charge in [-0.2, -0.15) is 0 Å². The quantitative estimate of drug-likeness (QED) is 0.443. The van der Waals surface area contributed by atoms with Gasteiger partial charge in [-0.1, -0.05) is 49.9 Å². The summed E-state index contributed by atoms with van der Waals surface area (Å²) in [4.78, 5) is 24.3. The summed E-state index contributed by atoms with van der Waals surface area (Å²) in [5.74, 6) is -1.60. The summed E-state index contributed by atoms with van der Waals surface area (Å²) in [6, 6.07) is 7.93. The Hall–Kier alpha value is -2.76. The van der Waals surface area contributed by atoms with Crippen molar-refractivity contribution in [3.8, 4) is 11.5 Å². The smallest absolute Gasteiger partial charge is 0.342 e. The molecule has 26 heavy (non-hydrogen) atoms. The van der Waals surface area contributed by atoms with Crippen molar-refractivity contribution in [2.45, 2.75) is 44.6 Å². The lowest BCUT2D eigenvalue weighted by molar-refractivity contribution is -0.125. The number of amides is 1. The molecular formula is C20H23NO5. The first-order valence-electron chi connectivity index (χ1n) is 8.96. The van der Waals surface area contributed by atoms with E-state index in [0.29, 0.717) is 10.8 Å². The molecule has 1 saturated carbocycles. The van der Waals surface area contributed by atoms with E-state index in [1.807, 2.05) is 0 Å². The van der Waals surface area contributed by atoms with Crippen molar-refractivity contribution in [3.63, 3.8) is 0 Å². The summed E-state index contributed by atoms with van der Waals surface area (Å²) in [7, 11) is 0. The molecule has 3 rings (SSSR count). The zero-order chi connectivity index (χ0) is 18.5. The summed E-state index contributed by atoms with van der Waals surface area (Å²) in [6.45, 7) is -0.414. The van der Waals surface area contributed by atoms with Gasteiger partial charge in [-0.05, 0) is 18.9 Å². The number of nitrogens with one attached hydrogen (secondary N) is 1. The van der Waals surface area contributed by atoms with Gasteiger partial charge in [0.1, 0.15) is 17.1 Å². The number of ether oxygens (including phenoxy) is 1. The van der Waals surface area contributed by atoms with Gasteiger partial charge in [0.15, 0.2) is 6.61 Å². The second-order valence-corrected chi connectivity index (χ2v) is 6.67. The number of fused-ring (bicyclic) bond motifs is 1. The minimum Gasteiger partial charge on any atom is -0.507 e. The molecule has 6 heteroatoms. The number of carbonyl (C=O) groups excluding carboxylic acids is 2. The highest BCUT2D eigenvalue weighted by Crippen LogP contribution is 2.35. The number of phenolic OH excluding ortho intramolecular Hbond substituents is 2. The molecule has 2 aromatic rings. The van der Waals surface area contributed by atoms with Gasteiger partial charge >= 0.3 is 5.97 Å². The number of phenols is 2. The van der Waals surface area contributed by atoms with E-state index in [9.17, 15) is 19.8 Å². The van der Waals surface area contributed by atoms with Crippen molar-refractivity contribution in [1.82, 2.24) is 5.32 Å². The van der Waals surface area contributed by atoms with Gasteiger partial charge in [0.25, 0.3) is 5.91 Å². The molecular weight excluding hydrogens is 334 g/mol. The van der Waals surface area contributed by atoms with Crippen molar-refractivity contribution in [2.75, 3.05) is 6.61 Å². The Bertz CT molecular complexity index is 809. The summed E-state index contributed by atoms with van der Waals surface area (Å²) in [6.07, 6.45) is 6.44. The molecule has 2 aromatic carbocycles. The van der Waals surface area contributed by atoms with E-state index in [1.54, 1.807) is 24.3 Å². The van der Waals surface area contributed by atoms with Gasteiger partial charge < -0.3 is 20.3 Å². The fraction of sp³-hybridized carbons (Fsp3) is 0.400. The molecule has 0 atom stereocenters. The number of hydrogen-bond acceptors (Lipinski definition) is 5. The van der Waals surface area contributed by atoms with Crippen molar-refractivity contribution in [2.24, 2.45) is 0 Å². The van der Waals surface area contributed by atoms with Gasteiger partial charge in [0.2, 0.25) is 0 Å². The van der Waals surface area contributed by atoms with Gasteiger partial charge in [0.05, 0.1) is 0 Å². The van der Waals surface area contributed by atoms with E-state index in [-0.39, 0.29) is 29.0 Å². The van der Waals surface area contributed by atoms with Crippen LogP contribution in [-0.4, -0.2) is 34.7 Å². The molecule has 1 aliphatic rings. The molecule has 1 aliphatic carbocycles. The monoisotopic (exact) mass is 357 g/mol. The molecule has 0 aromatic heterocycles. The number of hydrogen-bond donors (Lipinski definition) is 3. The fourth-order valence-electron chi connectivity index (χ4n) is 3.40. The predicted octanol–water partition coefficient (Wildman–Crippen LogP) is 3.25. The van der Waals surface area contributed by atoms with Crippen LogP contribution in [0.25, 0.3) is 10.8 Å². The van der Waals surface area contributed by atoms with Crippen LogP contribution in [0.2, 0.25) is 0 Å². The number of rotatable bonds is 4. The lowest BCUT2D eigenvalue weighted by atomic mass is 10.0. The Morgan fingerprint density at radius 1 is 1.04 bits per heavy atom. The maximum atomic E-state index is 12.2. The van der Waals surface area contributed by atoms with E-state index in [0.717, 1.165) is 31.7 Å². The van der Waals surface area contributed by atoms with Crippen molar-refractivity contribution in [1.29, 1.82) is 0 Å². The van der Waals surface area contributed by atoms with E-state index in [2.05, 4.69) is 5.32 Å². The first kappa shape index (κ1) is 18.0. The minimum absolute atomic E-state index is 0.127. The van der Waals surface area contributed by atoms with E-state index in [1.165, 1.54) is 12.8 Å². The molecule has 0 saturated heterocycles. The fourth-order valence-corrected chi connectivity index (χ4v) is 3.40. The van der Waals surface area contributed by atoms with Crippen LogP contribution in [0.1, 0.15) is 48.9 Å². The van der Waals surface area contributed by atoms with Crippen LogP contribution in [0.15, 0.2) is 30.3 Å². The maximum Gasteiger partial charge on any atom is 0.342 e. The number of esters is 1. The number of carbonyl (C=O) groups is 2. The standard InChI is InChI=1S/C20H23NO5/c22-17-11-16(19(24)15-10-6-5-9-14(15)17)20(25)26-12-18(23)21-13-7-3-1-2-4-8-13/h5-6,9-11,13,22,24H,1-4,7-8,12H2,(H,21,23). The van der Waals surface area contributed by atoms with Gasteiger partial charge in [-0.3, -0.25) is 4.79 Å². The topological polar surface area (TPSA) is 95.9 Å². The van der Waals surface area contributed by atoms with E-state index >= 15 is 0 Å². The largest absolute Gasteiger partial charge is 0.507 e. The highest BCUT2D eigenvalue weighted by atomic mass is 16.5. The van der Waals surface area contributed by atoms with E-state index < -0.39 is 12.6 Å². The maximum absolute atomic E-state index is 12.2. The molecule has 0 aliphatic heterocycles. The number of aromatic hydroxyl groups is 2. The normalized spacial score (nSPS) is 15.4. The van der Waals surface area contributed by atoms with Crippen LogP contribution in [0.3, 0.4) is 0 Å². The zero-order valence-electron chi connectivity index (χ0n) is 14.5. The molecule has 3 N–H and O–H groups in total. The first-order chi connectivity index (χ1) is 12.6. The lowest BCUT2D eigenvalue weighted by Gasteiger charge is -2.16. The van der Waals surface area contributed by atoms with Gasteiger partial charge in [0, 0.05) is 16.8 Å². The first-order valence-corrected chi connectivity index (χ1v) is 8.96. The molecule has 0 bridgehead atoms. The predicted molar refractivity (Wildman–Crippen MR) is 97.2 cm³/mol. The highest BCUT2D eigenvalue weighted by molar-refractivity contribution is 6.04. The molecule has 6 nitrogen and oxygen atoms in total. The lowest BCUT2D eigenvalue weighted by Crippen LogP contribution is -2.37. The number of benzene rings is 2. The summed E-state index contributed by atoms with van der Waals surface area (Å²) in [5, 5.41) is 24.0. The van der Waals surface area contributed by atoms with Crippen LogP contribution >= 0.6 is 0 Å². The van der Waals surface area contributed by atoms with E-state index in [4.69, 9.17) is 4.74 Å². The van der Waals surface area contributed by atoms with Crippen LogP contribution in [0.5, 0.6) is 11.5 Å². The Balaban J connectivity index is 1.64. The van der Waals surface area contributed by atoms with Crippen LogP contribution < -0.4 is 5.32 Å². The van der Waals surface area contributed by atoms with Crippen molar-refractivity contribution in [3.05, 3.63) is 35.9 Å². The molecule has 0 spiro atoms. The molecule has 0 unspecified atom stereocenters. The third kappa shape index (κ3) is 4.07. The van der Waals surface area contributed by atoms with Gasteiger partial charge in [-0.25, -0.2) is 4.79 Å². The SMILES string of the molecule is O=C(COC(=O)c1cc(O)c2ccccc2c1O)NC1CCCCCC1. The van der Waals surface area contributed by atoms with Gasteiger partial charge in [-0.15, -0.1) is 0 Å². The summed E-state index contributed by atoms with van der Waals surface area (Å²) >= 11 is 0. The van der Waals surface area contributed by atoms with Crippen molar-refractivity contribution >= 4 is 22.6 Å². The summed E-state index contributed by atoms with van der Waals surface area (Å²) < 4.78 is 5.03. The second kappa shape index (κ2) is 8.08. The Morgan fingerprint density at radius 3 is 2.38 bits per heavy atom. The second-order valence-electron chi connectivity index (χ2n) is 6.67. The average molecular weight is 357 g/mol.